The van der Waals surface area contributed by atoms with E-state index in [1.807, 2.05) is 39.0 Å². The summed E-state index contributed by atoms with van der Waals surface area (Å²) in [7, 11) is -0.785. The number of carbonyl (C=O) groups excluding carboxylic acids is 1. The van der Waals surface area contributed by atoms with Crippen LogP contribution in [0.25, 0.3) is 11.1 Å². The Bertz CT molecular complexity index is 1520. The Balaban J connectivity index is 1.58. The molecule has 0 saturated heterocycles. The molecule has 2 nitrogen and oxygen atoms in total. The fourth-order valence-electron chi connectivity index (χ4n) is 5.23. The predicted octanol–water partition coefficient (Wildman–Crippen LogP) is 7.85. The van der Waals surface area contributed by atoms with Crippen LogP contribution in [0.5, 0.6) is 0 Å². The number of ether oxygens (including phenoxy) is 1. The van der Waals surface area contributed by atoms with Crippen molar-refractivity contribution >= 4 is 29.8 Å². The number of rotatable bonds is 9. The molecule has 0 aliphatic heterocycles. The minimum Gasteiger partial charge on any atom is -0.460 e. The highest BCUT2D eigenvalue weighted by molar-refractivity contribution is 7.80. The van der Waals surface area contributed by atoms with E-state index in [1.54, 1.807) is 0 Å². The Morgan fingerprint density at radius 1 is 0.610 bits per heavy atom. The molecule has 0 amide bonds. The molecule has 0 fully saturated rings. The largest absolute Gasteiger partial charge is 0.460 e. The summed E-state index contributed by atoms with van der Waals surface area (Å²) in [5.74, 6) is -0.449. The zero-order chi connectivity index (χ0) is 28.7. The highest BCUT2D eigenvalue weighted by atomic mass is 31.1. The third-order valence-electron chi connectivity index (χ3n) is 7.01. The smallest absolute Gasteiger partial charge is 0.310 e. The van der Waals surface area contributed by atoms with Crippen molar-refractivity contribution in [1.29, 1.82) is 0 Å². The average Bonchev–Trinajstić information content (AvgIpc) is 2.98. The van der Waals surface area contributed by atoms with Gasteiger partial charge in [0, 0.05) is 0 Å². The molecule has 41 heavy (non-hydrogen) atoms. The standard InChI is InChI=1S/C38H37O2P/c1-38(2,3)40-37(39)31(27-29-17-7-4-8-18-29)28-30-19-13-14-24-34(30)35-25-15-16-26-36(35)41(32-20-9-5-10-21-32)33-22-11-6-12-23-33/h4-26,31H,27-28H2,1-3H3. The quantitative estimate of drug-likeness (QED) is 0.137. The Kier molecular flexibility index (Phi) is 9.12. The van der Waals surface area contributed by atoms with Gasteiger partial charge in [0.05, 0.1) is 5.92 Å². The van der Waals surface area contributed by atoms with Crippen molar-refractivity contribution in [2.45, 2.75) is 39.2 Å². The zero-order valence-corrected chi connectivity index (χ0v) is 24.9. The molecule has 0 aliphatic rings. The zero-order valence-electron chi connectivity index (χ0n) is 24.0. The maximum atomic E-state index is 13.5. The fraction of sp³-hybridized carbons (Fsp3) is 0.184. The van der Waals surface area contributed by atoms with E-state index in [1.165, 1.54) is 27.0 Å². The molecule has 0 radical (unpaired) electrons. The van der Waals surface area contributed by atoms with Crippen LogP contribution in [0.4, 0.5) is 0 Å². The molecule has 5 aromatic carbocycles. The van der Waals surface area contributed by atoms with E-state index in [9.17, 15) is 4.79 Å². The average molecular weight is 557 g/mol. The van der Waals surface area contributed by atoms with Crippen LogP contribution in [-0.4, -0.2) is 11.6 Å². The predicted molar refractivity (Wildman–Crippen MR) is 174 cm³/mol. The summed E-state index contributed by atoms with van der Waals surface area (Å²) < 4.78 is 5.93. The van der Waals surface area contributed by atoms with Gasteiger partial charge in [0.2, 0.25) is 0 Å². The van der Waals surface area contributed by atoms with Gasteiger partial charge >= 0.3 is 5.97 Å². The van der Waals surface area contributed by atoms with Crippen LogP contribution in [0.1, 0.15) is 31.9 Å². The molecule has 0 bridgehead atoms. The van der Waals surface area contributed by atoms with Crippen molar-refractivity contribution in [2.75, 3.05) is 0 Å². The Morgan fingerprint density at radius 2 is 1.10 bits per heavy atom. The lowest BCUT2D eigenvalue weighted by molar-refractivity contribution is -0.159. The maximum Gasteiger partial charge on any atom is 0.310 e. The molecule has 0 aliphatic carbocycles. The van der Waals surface area contributed by atoms with E-state index in [2.05, 4.69) is 121 Å². The molecule has 1 atom stereocenters. The van der Waals surface area contributed by atoms with Gasteiger partial charge in [-0.1, -0.05) is 140 Å². The second-order valence-electron chi connectivity index (χ2n) is 11.3. The van der Waals surface area contributed by atoms with Gasteiger partial charge < -0.3 is 4.74 Å². The summed E-state index contributed by atoms with van der Waals surface area (Å²) in [6, 6.07) is 49.1. The van der Waals surface area contributed by atoms with Crippen LogP contribution in [0.15, 0.2) is 140 Å². The van der Waals surface area contributed by atoms with Gasteiger partial charge in [-0.2, -0.15) is 0 Å². The summed E-state index contributed by atoms with van der Waals surface area (Å²) in [6.45, 7) is 5.80. The van der Waals surface area contributed by atoms with E-state index in [4.69, 9.17) is 4.74 Å². The lowest BCUT2D eigenvalue weighted by Gasteiger charge is -2.26. The van der Waals surface area contributed by atoms with E-state index >= 15 is 0 Å². The Labute approximate surface area is 245 Å². The number of hydrogen-bond donors (Lipinski definition) is 0. The van der Waals surface area contributed by atoms with Crippen molar-refractivity contribution in [3.8, 4) is 11.1 Å². The molecule has 1 unspecified atom stereocenters. The number of carbonyl (C=O) groups is 1. The maximum absolute atomic E-state index is 13.5. The minimum absolute atomic E-state index is 0.153. The topological polar surface area (TPSA) is 26.3 Å². The SMILES string of the molecule is CC(C)(C)OC(=O)C(Cc1ccccc1)Cc1ccccc1-c1ccccc1P(c1ccccc1)c1ccccc1. The molecule has 0 heterocycles. The number of esters is 1. The molecule has 3 heteroatoms. The van der Waals surface area contributed by atoms with Crippen LogP contribution in [-0.2, 0) is 22.4 Å². The fourth-order valence-corrected chi connectivity index (χ4v) is 7.69. The van der Waals surface area contributed by atoms with E-state index in [0.29, 0.717) is 12.8 Å². The summed E-state index contributed by atoms with van der Waals surface area (Å²) in [4.78, 5) is 13.5. The van der Waals surface area contributed by atoms with Crippen molar-refractivity contribution < 1.29 is 9.53 Å². The normalized spacial score (nSPS) is 12.2. The van der Waals surface area contributed by atoms with Gasteiger partial charge in [0.25, 0.3) is 0 Å². The number of hydrogen-bond acceptors (Lipinski definition) is 2. The first-order valence-electron chi connectivity index (χ1n) is 14.2. The first-order valence-corrected chi connectivity index (χ1v) is 15.6. The summed E-state index contributed by atoms with van der Waals surface area (Å²) in [5.41, 5.74) is 4.13. The highest BCUT2D eigenvalue weighted by Gasteiger charge is 2.27. The molecular formula is C38H37O2P. The Hall–Kier alpha value is -4.00. The monoisotopic (exact) mass is 556 g/mol. The lowest BCUT2D eigenvalue weighted by Crippen LogP contribution is -2.31. The molecule has 0 aromatic heterocycles. The summed E-state index contributed by atoms with van der Waals surface area (Å²) in [5, 5.41) is 3.94. The van der Waals surface area contributed by atoms with Gasteiger partial charge in [-0.25, -0.2) is 0 Å². The van der Waals surface area contributed by atoms with Crippen molar-refractivity contribution in [3.63, 3.8) is 0 Å². The van der Waals surface area contributed by atoms with Crippen LogP contribution in [0, 0.1) is 5.92 Å². The third kappa shape index (κ3) is 7.40. The van der Waals surface area contributed by atoms with E-state index in [-0.39, 0.29) is 11.9 Å². The van der Waals surface area contributed by atoms with Gasteiger partial charge in [0.1, 0.15) is 5.60 Å². The van der Waals surface area contributed by atoms with Gasteiger partial charge in [-0.05, 0) is 79.7 Å². The van der Waals surface area contributed by atoms with Crippen molar-refractivity contribution in [3.05, 3.63) is 151 Å². The molecule has 0 N–H and O–H groups in total. The third-order valence-corrected chi connectivity index (χ3v) is 9.51. The molecule has 206 valence electrons. The first-order chi connectivity index (χ1) is 19.9. The summed E-state index contributed by atoms with van der Waals surface area (Å²) in [6.07, 6.45) is 1.23. The van der Waals surface area contributed by atoms with Crippen molar-refractivity contribution in [1.82, 2.24) is 0 Å². The van der Waals surface area contributed by atoms with Gasteiger partial charge in [-0.15, -0.1) is 0 Å². The number of benzene rings is 5. The molecular weight excluding hydrogens is 519 g/mol. The van der Waals surface area contributed by atoms with Crippen molar-refractivity contribution in [2.24, 2.45) is 5.92 Å². The molecule has 5 rings (SSSR count). The molecule has 5 aromatic rings. The molecule has 0 spiro atoms. The van der Waals surface area contributed by atoms with Gasteiger partial charge in [-0.3, -0.25) is 4.79 Å². The van der Waals surface area contributed by atoms with Gasteiger partial charge in [0.15, 0.2) is 0 Å². The van der Waals surface area contributed by atoms with Crippen LogP contribution in [0.3, 0.4) is 0 Å². The summed E-state index contributed by atoms with van der Waals surface area (Å²) >= 11 is 0. The van der Waals surface area contributed by atoms with Crippen LogP contribution >= 0.6 is 7.92 Å². The van der Waals surface area contributed by atoms with Crippen LogP contribution < -0.4 is 15.9 Å². The second kappa shape index (κ2) is 13.1. The molecule has 0 saturated carbocycles. The van der Waals surface area contributed by atoms with Crippen LogP contribution in [0.2, 0.25) is 0 Å². The second-order valence-corrected chi connectivity index (χ2v) is 13.5. The van der Waals surface area contributed by atoms with E-state index < -0.39 is 13.5 Å². The van der Waals surface area contributed by atoms with E-state index in [0.717, 1.165) is 11.1 Å². The lowest BCUT2D eigenvalue weighted by atomic mass is 9.88. The Morgan fingerprint density at radius 3 is 1.68 bits per heavy atom. The minimum atomic E-state index is -0.785. The first kappa shape index (κ1) is 28.5. The highest BCUT2D eigenvalue weighted by Crippen LogP contribution is 2.38.